The maximum Gasteiger partial charge on any atom is 0.326 e. The monoisotopic (exact) mass is 321 g/mol. The Morgan fingerprint density at radius 3 is 2.84 bits per heavy atom. The van der Waals surface area contributed by atoms with Crippen LogP contribution >= 0.6 is 35.0 Å². The molecule has 19 heavy (non-hydrogen) atoms. The largest absolute Gasteiger partial charge is 0.480 e. The van der Waals surface area contributed by atoms with E-state index in [9.17, 15) is 9.59 Å². The lowest BCUT2D eigenvalue weighted by Crippen LogP contribution is -2.36. The molecule has 1 atom stereocenters. The number of carboxylic acid groups (broad SMARTS) is 1. The first-order valence-electron chi connectivity index (χ1n) is 5.48. The van der Waals surface area contributed by atoms with Crippen LogP contribution in [0.15, 0.2) is 18.2 Å². The molecule has 0 bridgehead atoms. The number of carboxylic acids is 1. The molecule has 1 aromatic carbocycles. The van der Waals surface area contributed by atoms with E-state index < -0.39 is 12.0 Å². The topological polar surface area (TPSA) is 66.4 Å². The van der Waals surface area contributed by atoms with Crippen LogP contribution in [0.4, 0.5) is 0 Å². The van der Waals surface area contributed by atoms with E-state index in [1.165, 1.54) is 11.8 Å². The average molecular weight is 322 g/mol. The van der Waals surface area contributed by atoms with Crippen LogP contribution in [0, 0.1) is 0 Å². The molecule has 7 heteroatoms. The average Bonchev–Trinajstić information content (AvgIpc) is 2.36. The lowest BCUT2D eigenvalue weighted by Gasteiger charge is -2.10. The molecule has 0 radical (unpaired) electrons. The Kier molecular flexibility index (Phi) is 7.05. The number of nitrogens with one attached hydrogen (secondary N) is 1. The summed E-state index contributed by atoms with van der Waals surface area (Å²) < 4.78 is 0. The highest BCUT2D eigenvalue weighted by Crippen LogP contribution is 2.25. The highest BCUT2D eigenvalue weighted by Gasteiger charge is 2.15. The van der Waals surface area contributed by atoms with Gasteiger partial charge in [-0.25, -0.2) is 4.79 Å². The molecule has 1 rings (SSSR count). The van der Waals surface area contributed by atoms with Crippen LogP contribution in [0.25, 0.3) is 0 Å². The first-order valence-corrected chi connectivity index (χ1v) is 7.40. The van der Waals surface area contributed by atoms with E-state index in [-0.39, 0.29) is 0 Å². The summed E-state index contributed by atoms with van der Waals surface area (Å²) in [6, 6.07) is 4.38. The summed E-state index contributed by atoms with van der Waals surface area (Å²) in [7, 11) is 0. The van der Waals surface area contributed by atoms with Gasteiger partial charge >= 0.3 is 5.97 Å². The highest BCUT2D eigenvalue weighted by molar-refractivity contribution is 7.98. The number of hydrogen-bond acceptors (Lipinski definition) is 3. The Morgan fingerprint density at radius 1 is 1.47 bits per heavy atom. The summed E-state index contributed by atoms with van der Waals surface area (Å²) in [5.41, 5.74) is 0.911. The molecule has 0 saturated heterocycles. The molecule has 0 aromatic heterocycles. The van der Waals surface area contributed by atoms with Crippen LogP contribution in [0.5, 0.6) is 0 Å². The van der Waals surface area contributed by atoms with Crippen molar-refractivity contribution in [3.63, 3.8) is 0 Å². The van der Waals surface area contributed by atoms with E-state index in [1.807, 2.05) is 0 Å². The standard InChI is InChI=1S/C12H13Cl2NO3S/c13-9-1-2-10(14)8(5-9)6-19-4-3-11(12(17)18)15-7-16/h1-2,5,7,11H,3-4,6H2,(H,15,16)(H,17,18). The van der Waals surface area contributed by atoms with E-state index in [0.29, 0.717) is 34.4 Å². The van der Waals surface area contributed by atoms with E-state index in [0.717, 1.165) is 5.56 Å². The highest BCUT2D eigenvalue weighted by atomic mass is 35.5. The van der Waals surface area contributed by atoms with Crippen molar-refractivity contribution in [2.75, 3.05) is 5.75 Å². The van der Waals surface area contributed by atoms with Gasteiger partial charge in [0, 0.05) is 15.8 Å². The van der Waals surface area contributed by atoms with E-state index in [2.05, 4.69) is 5.32 Å². The third-order valence-electron chi connectivity index (χ3n) is 2.38. The van der Waals surface area contributed by atoms with Crippen LogP contribution in [0.1, 0.15) is 12.0 Å². The van der Waals surface area contributed by atoms with Gasteiger partial charge in [0.25, 0.3) is 0 Å². The lowest BCUT2D eigenvalue weighted by molar-refractivity contribution is -0.140. The van der Waals surface area contributed by atoms with Crippen molar-refractivity contribution in [2.24, 2.45) is 0 Å². The van der Waals surface area contributed by atoms with Gasteiger partial charge in [-0.2, -0.15) is 11.8 Å². The third kappa shape index (κ3) is 5.72. The number of carbonyl (C=O) groups is 2. The SMILES string of the molecule is O=CNC(CCSCc1cc(Cl)ccc1Cl)C(=O)O. The first kappa shape index (κ1) is 16.1. The molecule has 0 aliphatic carbocycles. The van der Waals surface area contributed by atoms with Gasteiger partial charge in [0.15, 0.2) is 0 Å². The minimum Gasteiger partial charge on any atom is -0.480 e. The number of rotatable bonds is 8. The number of benzene rings is 1. The Hall–Kier alpha value is -0.910. The molecule has 0 heterocycles. The predicted octanol–water partition coefficient (Wildman–Crippen LogP) is 2.82. The summed E-state index contributed by atoms with van der Waals surface area (Å²) in [5, 5.41) is 12.3. The van der Waals surface area contributed by atoms with Gasteiger partial charge in [-0.15, -0.1) is 0 Å². The van der Waals surface area contributed by atoms with Crippen LogP contribution in [-0.2, 0) is 15.3 Å². The minimum atomic E-state index is -1.03. The summed E-state index contributed by atoms with van der Waals surface area (Å²) in [4.78, 5) is 21.0. The fourth-order valence-electron chi connectivity index (χ4n) is 1.40. The van der Waals surface area contributed by atoms with Crippen molar-refractivity contribution in [1.29, 1.82) is 0 Å². The molecule has 0 aliphatic rings. The van der Waals surface area contributed by atoms with Gasteiger partial charge in [-0.1, -0.05) is 23.2 Å². The first-order chi connectivity index (χ1) is 9.04. The van der Waals surface area contributed by atoms with Crippen molar-refractivity contribution in [3.8, 4) is 0 Å². The minimum absolute atomic E-state index is 0.358. The smallest absolute Gasteiger partial charge is 0.326 e. The zero-order valence-corrected chi connectivity index (χ0v) is 12.3. The second kappa shape index (κ2) is 8.30. The Balaban J connectivity index is 2.39. The second-order valence-corrected chi connectivity index (χ2v) is 5.70. The van der Waals surface area contributed by atoms with Crippen molar-refractivity contribution in [3.05, 3.63) is 33.8 Å². The van der Waals surface area contributed by atoms with Gasteiger partial charge in [0.2, 0.25) is 6.41 Å². The van der Waals surface area contributed by atoms with Crippen LogP contribution in [-0.4, -0.2) is 29.3 Å². The second-order valence-electron chi connectivity index (χ2n) is 3.75. The Bertz CT molecular complexity index is 457. The summed E-state index contributed by atoms with van der Waals surface area (Å²) in [5.74, 6) is 0.210. The van der Waals surface area contributed by atoms with Crippen molar-refractivity contribution < 1.29 is 14.7 Å². The van der Waals surface area contributed by atoms with Gasteiger partial charge < -0.3 is 10.4 Å². The summed E-state index contributed by atoms with van der Waals surface area (Å²) in [6.45, 7) is 0. The molecule has 0 saturated carbocycles. The maximum absolute atomic E-state index is 10.8. The van der Waals surface area contributed by atoms with E-state index in [4.69, 9.17) is 28.3 Å². The molecular weight excluding hydrogens is 309 g/mol. The molecule has 2 N–H and O–H groups in total. The summed E-state index contributed by atoms with van der Waals surface area (Å²) in [6.07, 6.45) is 0.758. The van der Waals surface area contributed by atoms with E-state index >= 15 is 0 Å². The van der Waals surface area contributed by atoms with Gasteiger partial charge in [0.05, 0.1) is 0 Å². The molecule has 1 unspecified atom stereocenters. The lowest BCUT2D eigenvalue weighted by atomic mass is 10.2. The Morgan fingerprint density at radius 2 is 2.21 bits per heavy atom. The molecule has 0 fully saturated rings. The predicted molar refractivity (Wildman–Crippen MR) is 77.9 cm³/mol. The van der Waals surface area contributed by atoms with Gasteiger partial charge in [-0.05, 0) is 35.9 Å². The summed E-state index contributed by atoms with van der Waals surface area (Å²) >= 11 is 13.4. The third-order valence-corrected chi connectivity index (χ3v) is 4.03. The van der Waals surface area contributed by atoms with Crippen molar-refractivity contribution in [2.45, 2.75) is 18.2 Å². The fraction of sp³-hybridized carbons (Fsp3) is 0.333. The maximum atomic E-state index is 10.8. The number of halogens is 2. The molecular formula is C12H13Cl2NO3S. The van der Waals surface area contributed by atoms with Crippen molar-refractivity contribution >= 4 is 47.3 Å². The van der Waals surface area contributed by atoms with Crippen molar-refractivity contribution in [1.82, 2.24) is 5.32 Å². The van der Waals surface area contributed by atoms with Gasteiger partial charge in [0.1, 0.15) is 6.04 Å². The zero-order valence-electron chi connectivity index (χ0n) is 9.94. The fourth-order valence-corrected chi connectivity index (χ4v) is 2.86. The van der Waals surface area contributed by atoms with Crippen LogP contribution < -0.4 is 5.32 Å². The number of amides is 1. The van der Waals surface area contributed by atoms with Crippen LogP contribution in [0.2, 0.25) is 10.0 Å². The number of thioether (sulfide) groups is 1. The molecule has 1 aromatic rings. The molecule has 0 spiro atoms. The molecule has 104 valence electrons. The molecule has 1 amide bonds. The number of hydrogen-bond donors (Lipinski definition) is 2. The quantitative estimate of drug-likeness (QED) is 0.570. The number of carbonyl (C=O) groups excluding carboxylic acids is 1. The van der Waals surface area contributed by atoms with Gasteiger partial charge in [-0.3, -0.25) is 4.79 Å². The normalized spacial score (nSPS) is 11.9. The van der Waals surface area contributed by atoms with Crippen LogP contribution in [0.3, 0.4) is 0 Å². The number of aliphatic carboxylic acids is 1. The Labute approximate surface area is 125 Å². The molecule has 4 nitrogen and oxygen atoms in total. The zero-order chi connectivity index (χ0) is 14.3. The van der Waals surface area contributed by atoms with E-state index in [1.54, 1.807) is 18.2 Å². The molecule has 0 aliphatic heterocycles.